The topological polar surface area (TPSA) is 92.3 Å². The van der Waals surface area contributed by atoms with Crippen molar-refractivity contribution in [1.82, 2.24) is 9.97 Å². The molecular formula is C12H10N2O4. The van der Waals surface area contributed by atoms with E-state index in [1.54, 1.807) is 24.3 Å². The second-order valence-corrected chi connectivity index (χ2v) is 3.54. The fourth-order valence-corrected chi connectivity index (χ4v) is 1.42. The molecule has 1 aromatic carbocycles. The van der Waals surface area contributed by atoms with E-state index in [4.69, 9.17) is 9.84 Å². The van der Waals surface area contributed by atoms with Gasteiger partial charge >= 0.3 is 11.5 Å². The van der Waals surface area contributed by atoms with Gasteiger partial charge in [0.05, 0.1) is 6.42 Å². The first-order valence-corrected chi connectivity index (χ1v) is 5.17. The van der Waals surface area contributed by atoms with Crippen molar-refractivity contribution in [2.75, 3.05) is 0 Å². The lowest BCUT2D eigenvalue weighted by Gasteiger charge is -2.04. The lowest BCUT2D eigenvalue weighted by atomic mass is 10.1. The zero-order valence-electron chi connectivity index (χ0n) is 9.29. The smallest absolute Gasteiger partial charge is 0.311 e. The quantitative estimate of drug-likeness (QED) is 0.845. The van der Waals surface area contributed by atoms with Gasteiger partial charge in [0.1, 0.15) is 5.75 Å². The SMILES string of the molecule is O=C(O)Cc1cccc(Oc2ncc[nH]c2=O)c1. The average molecular weight is 246 g/mol. The Morgan fingerprint density at radius 3 is 3.00 bits per heavy atom. The van der Waals surface area contributed by atoms with Gasteiger partial charge in [-0.05, 0) is 17.7 Å². The third-order valence-electron chi connectivity index (χ3n) is 2.14. The normalized spacial score (nSPS) is 10.0. The van der Waals surface area contributed by atoms with Gasteiger partial charge in [-0.3, -0.25) is 9.59 Å². The van der Waals surface area contributed by atoms with Crippen LogP contribution in [0.15, 0.2) is 41.5 Å². The number of nitrogens with zero attached hydrogens (tertiary/aromatic N) is 1. The standard InChI is InChI=1S/C12H10N2O4/c15-10(16)7-8-2-1-3-9(6-8)18-12-11(17)13-4-5-14-12/h1-6H,7H2,(H,13,17)(H,15,16). The maximum atomic E-state index is 11.3. The first-order chi connectivity index (χ1) is 8.65. The molecule has 92 valence electrons. The number of rotatable bonds is 4. The average Bonchev–Trinajstić information content (AvgIpc) is 2.32. The van der Waals surface area contributed by atoms with Gasteiger partial charge in [0.2, 0.25) is 0 Å². The number of carboxylic acids is 1. The number of aromatic nitrogens is 2. The summed E-state index contributed by atoms with van der Waals surface area (Å²) in [5, 5.41) is 8.68. The van der Waals surface area contributed by atoms with Gasteiger partial charge in [0, 0.05) is 12.4 Å². The molecule has 1 heterocycles. The predicted octanol–water partition coefficient (Wildman–Crippen LogP) is 1.19. The molecule has 0 aliphatic carbocycles. The molecular weight excluding hydrogens is 236 g/mol. The number of hydrogen-bond donors (Lipinski definition) is 2. The van der Waals surface area contributed by atoms with Crippen LogP contribution in [0.2, 0.25) is 0 Å². The fourth-order valence-electron chi connectivity index (χ4n) is 1.42. The summed E-state index contributed by atoms with van der Waals surface area (Å²) in [6.45, 7) is 0. The molecule has 0 aliphatic heterocycles. The Bertz CT molecular complexity index is 621. The first-order valence-electron chi connectivity index (χ1n) is 5.17. The molecule has 0 bridgehead atoms. The number of benzene rings is 1. The molecule has 18 heavy (non-hydrogen) atoms. The van der Waals surface area contributed by atoms with E-state index in [0.717, 1.165) is 0 Å². The number of aliphatic carboxylic acids is 1. The van der Waals surface area contributed by atoms with Crippen LogP contribution in [0, 0.1) is 0 Å². The number of hydrogen-bond acceptors (Lipinski definition) is 4. The van der Waals surface area contributed by atoms with Crippen LogP contribution in [0.4, 0.5) is 0 Å². The fraction of sp³-hybridized carbons (Fsp3) is 0.0833. The van der Waals surface area contributed by atoms with Crippen LogP contribution in [0.25, 0.3) is 0 Å². The summed E-state index contributed by atoms with van der Waals surface area (Å²) < 4.78 is 5.28. The molecule has 6 nitrogen and oxygen atoms in total. The van der Waals surface area contributed by atoms with Crippen molar-refractivity contribution in [3.05, 3.63) is 52.6 Å². The molecule has 2 N–H and O–H groups in total. The van der Waals surface area contributed by atoms with Gasteiger partial charge in [0.25, 0.3) is 5.88 Å². The predicted molar refractivity (Wildman–Crippen MR) is 62.7 cm³/mol. The second-order valence-electron chi connectivity index (χ2n) is 3.54. The van der Waals surface area contributed by atoms with Crippen LogP contribution in [0.5, 0.6) is 11.6 Å². The molecule has 0 saturated carbocycles. The van der Waals surface area contributed by atoms with Crippen molar-refractivity contribution in [2.45, 2.75) is 6.42 Å². The van der Waals surface area contributed by atoms with Crippen molar-refractivity contribution in [3.63, 3.8) is 0 Å². The molecule has 0 atom stereocenters. The summed E-state index contributed by atoms with van der Waals surface area (Å²) in [6.07, 6.45) is 2.70. The van der Waals surface area contributed by atoms with Crippen molar-refractivity contribution in [2.24, 2.45) is 0 Å². The molecule has 0 saturated heterocycles. The van der Waals surface area contributed by atoms with Crippen LogP contribution in [-0.2, 0) is 11.2 Å². The van der Waals surface area contributed by atoms with E-state index >= 15 is 0 Å². The van der Waals surface area contributed by atoms with E-state index in [1.807, 2.05) is 0 Å². The third kappa shape index (κ3) is 2.94. The molecule has 6 heteroatoms. The van der Waals surface area contributed by atoms with E-state index in [2.05, 4.69) is 9.97 Å². The summed E-state index contributed by atoms with van der Waals surface area (Å²) in [7, 11) is 0. The number of aromatic amines is 1. The number of H-pyrrole nitrogens is 1. The molecule has 1 aromatic heterocycles. The third-order valence-corrected chi connectivity index (χ3v) is 2.14. The van der Waals surface area contributed by atoms with Crippen molar-refractivity contribution in [3.8, 4) is 11.6 Å². The molecule has 0 unspecified atom stereocenters. The van der Waals surface area contributed by atoms with Crippen LogP contribution >= 0.6 is 0 Å². The molecule has 0 fully saturated rings. The van der Waals surface area contributed by atoms with E-state index in [1.165, 1.54) is 12.4 Å². The summed E-state index contributed by atoms with van der Waals surface area (Å²) in [6, 6.07) is 6.51. The Morgan fingerprint density at radius 1 is 1.44 bits per heavy atom. The highest BCUT2D eigenvalue weighted by molar-refractivity contribution is 5.70. The maximum absolute atomic E-state index is 11.3. The van der Waals surface area contributed by atoms with Crippen LogP contribution in [-0.4, -0.2) is 21.0 Å². The monoisotopic (exact) mass is 246 g/mol. The van der Waals surface area contributed by atoms with Crippen molar-refractivity contribution >= 4 is 5.97 Å². The number of nitrogens with one attached hydrogen (secondary N) is 1. The largest absolute Gasteiger partial charge is 0.481 e. The van der Waals surface area contributed by atoms with Gasteiger partial charge < -0.3 is 14.8 Å². The molecule has 2 rings (SSSR count). The molecule has 0 aliphatic rings. The Balaban J connectivity index is 2.22. The number of ether oxygens (including phenoxy) is 1. The van der Waals surface area contributed by atoms with Gasteiger partial charge in [-0.1, -0.05) is 12.1 Å². The van der Waals surface area contributed by atoms with E-state index in [9.17, 15) is 9.59 Å². The van der Waals surface area contributed by atoms with Crippen molar-refractivity contribution in [1.29, 1.82) is 0 Å². The lowest BCUT2D eigenvalue weighted by Crippen LogP contribution is -2.09. The van der Waals surface area contributed by atoms with Gasteiger partial charge in [0.15, 0.2) is 0 Å². The summed E-state index contributed by atoms with van der Waals surface area (Å²) >= 11 is 0. The molecule has 0 spiro atoms. The molecule has 0 radical (unpaired) electrons. The molecule has 2 aromatic rings. The van der Waals surface area contributed by atoms with Crippen LogP contribution in [0.3, 0.4) is 0 Å². The Morgan fingerprint density at radius 2 is 2.28 bits per heavy atom. The van der Waals surface area contributed by atoms with E-state index in [-0.39, 0.29) is 12.3 Å². The van der Waals surface area contributed by atoms with E-state index in [0.29, 0.717) is 11.3 Å². The lowest BCUT2D eigenvalue weighted by molar-refractivity contribution is -0.136. The van der Waals surface area contributed by atoms with Crippen LogP contribution in [0.1, 0.15) is 5.56 Å². The number of carbonyl (C=O) groups is 1. The van der Waals surface area contributed by atoms with Crippen molar-refractivity contribution < 1.29 is 14.6 Å². The highest BCUT2D eigenvalue weighted by Gasteiger charge is 2.05. The van der Waals surface area contributed by atoms with Crippen LogP contribution < -0.4 is 10.3 Å². The van der Waals surface area contributed by atoms with Gasteiger partial charge in [-0.15, -0.1) is 0 Å². The Kier molecular flexibility index (Phi) is 3.38. The second kappa shape index (κ2) is 5.13. The first kappa shape index (κ1) is 11.8. The zero-order chi connectivity index (χ0) is 13.0. The highest BCUT2D eigenvalue weighted by atomic mass is 16.5. The summed E-state index contributed by atoms with van der Waals surface area (Å²) in [5.41, 5.74) is 0.147. The molecule has 0 amide bonds. The Labute approximate surface area is 102 Å². The van der Waals surface area contributed by atoms with E-state index < -0.39 is 11.5 Å². The maximum Gasteiger partial charge on any atom is 0.311 e. The number of carboxylic acid groups (broad SMARTS) is 1. The summed E-state index contributed by atoms with van der Waals surface area (Å²) in [5.74, 6) is -0.634. The minimum absolute atomic E-state index is 0.0787. The summed E-state index contributed by atoms with van der Waals surface area (Å²) in [4.78, 5) is 28.1. The van der Waals surface area contributed by atoms with Gasteiger partial charge in [-0.2, -0.15) is 0 Å². The highest BCUT2D eigenvalue weighted by Crippen LogP contribution is 2.18. The minimum Gasteiger partial charge on any atom is -0.481 e. The minimum atomic E-state index is -0.928. The Hall–Kier alpha value is -2.63. The van der Waals surface area contributed by atoms with Gasteiger partial charge in [-0.25, -0.2) is 4.98 Å². The zero-order valence-corrected chi connectivity index (χ0v) is 9.29.